The van der Waals surface area contributed by atoms with Gasteiger partial charge in [-0.3, -0.25) is 4.90 Å². The molecule has 1 saturated heterocycles. The van der Waals surface area contributed by atoms with Gasteiger partial charge in [0.25, 0.3) is 0 Å². The van der Waals surface area contributed by atoms with Crippen molar-refractivity contribution >= 4 is 10.0 Å². The Labute approximate surface area is 168 Å². The van der Waals surface area contributed by atoms with Crippen LogP contribution in [-0.2, 0) is 20.3 Å². The molecule has 5 nitrogen and oxygen atoms in total. The van der Waals surface area contributed by atoms with Crippen molar-refractivity contribution in [2.75, 3.05) is 32.8 Å². The van der Waals surface area contributed by atoms with E-state index in [9.17, 15) is 21.6 Å². The van der Waals surface area contributed by atoms with E-state index in [4.69, 9.17) is 4.74 Å². The molecule has 0 spiro atoms. The number of sulfonamides is 1. The molecule has 0 saturated carbocycles. The lowest BCUT2D eigenvalue weighted by Crippen LogP contribution is -2.62. The molecule has 0 aliphatic carbocycles. The van der Waals surface area contributed by atoms with Gasteiger partial charge >= 0.3 is 6.18 Å². The van der Waals surface area contributed by atoms with Gasteiger partial charge in [-0.05, 0) is 24.6 Å². The van der Waals surface area contributed by atoms with Crippen LogP contribution in [0.1, 0.15) is 11.1 Å². The van der Waals surface area contributed by atoms with E-state index in [1.54, 1.807) is 30.0 Å². The first-order chi connectivity index (χ1) is 13.6. The minimum absolute atomic E-state index is 0.158. The van der Waals surface area contributed by atoms with Crippen LogP contribution in [0, 0.1) is 6.92 Å². The first-order valence-corrected chi connectivity index (χ1v) is 10.7. The Kier molecular flexibility index (Phi) is 6.33. The van der Waals surface area contributed by atoms with Crippen LogP contribution in [0.5, 0.6) is 0 Å². The lowest BCUT2D eigenvalue weighted by Gasteiger charge is -2.41. The molecule has 29 heavy (non-hydrogen) atoms. The van der Waals surface area contributed by atoms with E-state index in [1.165, 1.54) is 36.4 Å². The van der Waals surface area contributed by atoms with Gasteiger partial charge in [-0.15, -0.1) is 0 Å². The second kappa shape index (κ2) is 8.43. The third-order valence-corrected chi connectivity index (χ3v) is 6.46. The highest BCUT2D eigenvalue weighted by molar-refractivity contribution is 7.89. The standard InChI is InChI=1S/C20H23F3N2O3S/c1-16-7-9-18(10-8-16)29(26,27)24-19(20(21,22)23,17-5-3-2-4-6-17)15-25-11-13-28-14-12-25/h2-10,24H,11-15H2,1H3/t19-/m1/s1. The Balaban J connectivity index is 2.08. The van der Waals surface area contributed by atoms with Crippen LogP contribution in [0.15, 0.2) is 59.5 Å². The number of nitrogens with zero attached hydrogens (tertiary/aromatic N) is 1. The lowest BCUT2D eigenvalue weighted by molar-refractivity contribution is -0.202. The van der Waals surface area contributed by atoms with Crippen LogP contribution < -0.4 is 4.72 Å². The Hall–Kier alpha value is -1.94. The van der Waals surface area contributed by atoms with Crippen LogP contribution >= 0.6 is 0 Å². The van der Waals surface area contributed by atoms with Gasteiger partial charge in [0.15, 0.2) is 5.54 Å². The molecule has 1 N–H and O–H groups in total. The number of hydrogen-bond donors (Lipinski definition) is 1. The summed E-state index contributed by atoms with van der Waals surface area (Å²) in [7, 11) is -4.44. The van der Waals surface area contributed by atoms with Crippen LogP contribution in [0.4, 0.5) is 13.2 Å². The van der Waals surface area contributed by atoms with Crippen molar-refractivity contribution in [3.05, 3.63) is 65.7 Å². The highest BCUT2D eigenvalue weighted by Gasteiger charge is 2.59. The smallest absolute Gasteiger partial charge is 0.379 e. The zero-order chi connectivity index (χ0) is 21.1. The van der Waals surface area contributed by atoms with Crippen molar-refractivity contribution in [3.63, 3.8) is 0 Å². The summed E-state index contributed by atoms with van der Waals surface area (Å²) in [6, 6.07) is 12.8. The van der Waals surface area contributed by atoms with Crippen molar-refractivity contribution in [1.82, 2.24) is 9.62 Å². The molecular formula is C20H23F3N2O3S. The number of morpholine rings is 1. The van der Waals surface area contributed by atoms with Gasteiger partial charge in [-0.25, -0.2) is 8.42 Å². The third-order valence-electron chi connectivity index (χ3n) is 4.95. The molecule has 9 heteroatoms. The van der Waals surface area contributed by atoms with E-state index in [0.29, 0.717) is 13.2 Å². The number of alkyl halides is 3. The monoisotopic (exact) mass is 428 g/mol. The topological polar surface area (TPSA) is 58.6 Å². The fourth-order valence-electron chi connectivity index (χ4n) is 3.32. The maximum atomic E-state index is 14.5. The molecule has 2 aromatic carbocycles. The molecule has 3 rings (SSSR count). The van der Waals surface area contributed by atoms with Gasteiger partial charge in [0.2, 0.25) is 10.0 Å². The molecule has 1 atom stereocenters. The second-order valence-corrected chi connectivity index (χ2v) is 8.76. The van der Waals surface area contributed by atoms with Gasteiger partial charge in [0.05, 0.1) is 18.1 Å². The quantitative estimate of drug-likeness (QED) is 0.769. The van der Waals surface area contributed by atoms with Gasteiger partial charge in [0, 0.05) is 19.6 Å². The van der Waals surface area contributed by atoms with Crippen molar-refractivity contribution < 1.29 is 26.3 Å². The molecule has 158 valence electrons. The molecule has 1 aliphatic rings. The van der Waals surface area contributed by atoms with E-state index >= 15 is 0 Å². The number of hydrogen-bond acceptors (Lipinski definition) is 4. The average molecular weight is 428 g/mol. The number of halogens is 3. The number of nitrogens with one attached hydrogen (secondary N) is 1. The first-order valence-electron chi connectivity index (χ1n) is 9.17. The SMILES string of the molecule is Cc1ccc(S(=O)(=O)N[C@](CN2CCOCC2)(c2ccccc2)C(F)(F)F)cc1. The molecule has 0 radical (unpaired) electrons. The summed E-state index contributed by atoms with van der Waals surface area (Å²) in [5.41, 5.74) is -2.15. The van der Waals surface area contributed by atoms with E-state index in [1.807, 2.05) is 4.72 Å². The highest BCUT2D eigenvalue weighted by atomic mass is 32.2. The maximum Gasteiger partial charge on any atom is 0.412 e. The molecule has 1 fully saturated rings. The van der Waals surface area contributed by atoms with Crippen LogP contribution in [0.25, 0.3) is 0 Å². The second-order valence-electron chi connectivity index (χ2n) is 7.08. The normalized spacial score (nSPS) is 18.3. The minimum Gasteiger partial charge on any atom is -0.379 e. The van der Waals surface area contributed by atoms with Crippen LogP contribution in [-0.4, -0.2) is 52.3 Å². The summed E-state index contributed by atoms with van der Waals surface area (Å²) >= 11 is 0. The van der Waals surface area contributed by atoms with Crippen molar-refractivity contribution in [3.8, 4) is 0 Å². The van der Waals surface area contributed by atoms with Crippen molar-refractivity contribution in [1.29, 1.82) is 0 Å². The number of rotatable bonds is 6. The van der Waals surface area contributed by atoms with E-state index in [-0.39, 0.29) is 23.5 Å². The predicted molar refractivity (Wildman–Crippen MR) is 103 cm³/mol. The lowest BCUT2D eigenvalue weighted by atomic mass is 9.89. The molecule has 1 aliphatic heterocycles. The van der Waals surface area contributed by atoms with Gasteiger partial charge in [0.1, 0.15) is 0 Å². The van der Waals surface area contributed by atoms with E-state index < -0.39 is 28.3 Å². The first kappa shape index (κ1) is 21.8. The van der Waals surface area contributed by atoms with Gasteiger partial charge in [-0.1, -0.05) is 48.0 Å². The zero-order valence-electron chi connectivity index (χ0n) is 15.9. The molecule has 0 aromatic heterocycles. The summed E-state index contributed by atoms with van der Waals surface area (Å²) in [4.78, 5) is 1.36. The zero-order valence-corrected chi connectivity index (χ0v) is 16.8. The van der Waals surface area contributed by atoms with Gasteiger partial charge < -0.3 is 4.74 Å². The molecular weight excluding hydrogens is 405 g/mol. The summed E-state index contributed by atoms with van der Waals surface area (Å²) in [5, 5.41) is 0. The van der Waals surface area contributed by atoms with E-state index in [2.05, 4.69) is 0 Å². The fraction of sp³-hybridized carbons (Fsp3) is 0.400. The molecule has 2 aromatic rings. The average Bonchev–Trinajstić information content (AvgIpc) is 2.68. The predicted octanol–water partition coefficient (Wildman–Crippen LogP) is 3.06. The van der Waals surface area contributed by atoms with E-state index in [0.717, 1.165) is 5.56 Å². The molecule has 0 amide bonds. The summed E-state index contributed by atoms with van der Waals surface area (Å²) < 4.78 is 76.8. The van der Waals surface area contributed by atoms with Gasteiger partial charge in [-0.2, -0.15) is 17.9 Å². The number of benzene rings is 2. The fourth-order valence-corrected chi connectivity index (χ4v) is 4.69. The largest absolute Gasteiger partial charge is 0.412 e. The summed E-state index contributed by atoms with van der Waals surface area (Å²) in [6.07, 6.45) is -4.87. The Morgan fingerprint density at radius 1 is 1.00 bits per heavy atom. The van der Waals surface area contributed by atoms with Crippen LogP contribution in [0.3, 0.4) is 0 Å². The van der Waals surface area contributed by atoms with Crippen molar-refractivity contribution in [2.45, 2.75) is 23.5 Å². The molecule has 1 heterocycles. The van der Waals surface area contributed by atoms with Crippen molar-refractivity contribution in [2.24, 2.45) is 0 Å². The number of aryl methyl sites for hydroxylation is 1. The molecule has 0 unspecified atom stereocenters. The van der Waals surface area contributed by atoms with Crippen LogP contribution in [0.2, 0.25) is 0 Å². The highest BCUT2D eigenvalue weighted by Crippen LogP contribution is 2.41. The number of ether oxygens (including phenoxy) is 1. The molecule has 0 bridgehead atoms. The summed E-state index contributed by atoms with van der Waals surface area (Å²) in [5.74, 6) is 0. The Morgan fingerprint density at radius 3 is 2.14 bits per heavy atom. The minimum atomic E-state index is -4.87. The Bertz CT molecular complexity index is 912. The Morgan fingerprint density at radius 2 is 1.59 bits per heavy atom. The third kappa shape index (κ3) is 4.80. The maximum absolute atomic E-state index is 14.5. The summed E-state index contributed by atoms with van der Waals surface area (Å²) in [6.45, 7) is 2.40.